The second-order valence-electron chi connectivity index (χ2n) is 37.8. The fraction of sp³-hybridized carbons (Fsp3) is 0.927. The summed E-state index contributed by atoms with van der Waals surface area (Å²) in [6, 6.07) is -4.34. The first-order chi connectivity index (χ1) is 65.0. The van der Waals surface area contributed by atoms with Gasteiger partial charge in [-0.25, -0.2) is 18.5 Å². The third kappa shape index (κ3) is 57.6. The van der Waals surface area contributed by atoms with E-state index < -0.39 is 233 Å². The fourth-order valence-corrected chi connectivity index (χ4v) is 19.3. The number of phosphoric acid groups is 3. The first-order valence-corrected chi connectivity index (χ1v) is 56.6. The summed E-state index contributed by atoms with van der Waals surface area (Å²) >= 11 is 0. The molecule has 3 saturated heterocycles. The van der Waals surface area contributed by atoms with E-state index in [1.165, 1.54) is 0 Å². The van der Waals surface area contributed by atoms with Crippen molar-refractivity contribution in [3.63, 3.8) is 0 Å². The van der Waals surface area contributed by atoms with E-state index in [-0.39, 0.29) is 38.5 Å². The van der Waals surface area contributed by atoms with Crippen LogP contribution in [0.1, 0.15) is 433 Å². The third-order valence-electron chi connectivity index (χ3n) is 25.3. The van der Waals surface area contributed by atoms with Gasteiger partial charge in [0.15, 0.2) is 24.8 Å². The van der Waals surface area contributed by atoms with Crippen LogP contribution in [0, 0.1) is 0 Å². The molecule has 3 aliphatic rings. The first-order valence-electron chi connectivity index (χ1n) is 52.0. The van der Waals surface area contributed by atoms with Gasteiger partial charge in [-0.1, -0.05) is 337 Å². The van der Waals surface area contributed by atoms with Crippen molar-refractivity contribution in [2.75, 3.05) is 19.8 Å². The summed E-state index contributed by atoms with van der Waals surface area (Å²) in [5.41, 5.74) is 0. The Bertz CT molecular complexity index is 3320. The summed E-state index contributed by atoms with van der Waals surface area (Å²) in [6.07, 6.45) is 7.79. The van der Waals surface area contributed by atoms with Crippen LogP contribution in [0.25, 0.3) is 0 Å². The SMILES string of the molecule is CCCCCCCCCCC[C@@H](O)CC(=O)O[C@@H]1[C@@H](O)[C@H](CO[C@H]2O[C@@H](CO[C@@]3(C(=O)O)C[C@@H](O)[C@@H](OP(=O)(O)O)[C@@H]([C@@H](O)CO)O3)[C@H](OP(=O)(O)O)[C@@H](OC(=O)C[C@H](O)CCCCCCCCCCC)[C@@H]2NC(=O)C[C@@H](CCCCCCCCCCC)OC(=O)CCCCCCCCC)O[C@@H](OP(=O)(O)O)[C@H]1NC(=O)C[C@@H](CCCCCCCCCCC)OC(=O)CCCCCCCCC. The van der Waals surface area contributed by atoms with Crippen LogP contribution >= 0.6 is 23.5 Å². The van der Waals surface area contributed by atoms with E-state index >= 15 is 4.79 Å². The third-order valence-corrected chi connectivity index (χ3v) is 26.8. The molecule has 3 rings (SSSR count). The van der Waals surface area contributed by atoms with Crippen LogP contribution in [0.3, 0.4) is 0 Å². The summed E-state index contributed by atoms with van der Waals surface area (Å²) in [6.45, 7) is 8.64. The molecule has 0 unspecified atom stereocenters. The Morgan fingerprint density at radius 2 is 0.706 bits per heavy atom. The Balaban J connectivity index is 2.44. The fourth-order valence-electron chi connectivity index (χ4n) is 17.7. The van der Waals surface area contributed by atoms with E-state index in [2.05, 4.69) is 52.2 Å². The van der Waals surface area contributed by atoms with Gasteiger partial charge in [-0.05, 0) is 51.4 Å². The number of aliphatic carboxylic acids is 1. The van der Waals surface area contributed by atoms with Gasteiger partial charge >= 0.3 is 53.3 Å². The number of hydrogen-bond acceptors (Lipinski definition) is 28. The zero-order valence-electron chi connectivity index (χ0n) is 82.8. The number of ether oxygens (including phenoxy) is 9. The van der Waals surface area contributed by atoms with Crippen LogP contribution in [0.2, 0.25) is 0 Å². The van der Waals surface area contributed by atoms with Crippen molar-refractivity contribution in [2.24, 2.45) is 0 Å². The molecule has 0 aromatic heterocycles. The molecule has 136 heavy (non-hydrogen) atoms. The van der Waals surface area contributed by atoms with Crippen LogP contribution in [-0.4, -0.2) is 242 Å². The molecule has 0 bridgehead atoms. The highest BCUT2D eigenvalue weighted by molar-refractivity contribution is 7.46. The highest BCUT2D eigenvalue weighted by atomic mass is 31.2. The number of phosphoric ester groups is 3. The van der Waals surface area contributed by atoms with Crippen molar-refractivity contribution in [1.82, 2.24) is 10.6 Å². The summed E-state index contributed by atoms with van der Waals surface area (Å²) in [7, 11) is -17.6. The van der Waals surface area contributed by atoms with Crippen molar-refractivity contribution < 1.29 is 169 Å². The van der Waals surface area contributed by atoms with Gasteiger partial charge in [0, 0.05) is 19.3 Å². The highest BCUT2D eigenvalue weighted by Gasteiger charge is 2.60. The smallest absolute Gasteiger partial charge is 0.472 e. The molecule has 0 aliphatic carbocycles. The lowest BCUT2D eigenvalue weighted by Crippen LogP contribution is -2.68. The number of amides is 2. The van der Waals surface area contributed by atoms with Gasteiger partial charge in [0.05, 0.1) is 63.8 Å². The maximum Gasteiger partial charge on any atom is 0.472 e. The molecule has 19 atom stereocenters. The van der Waals surface area contributed by atoms with Crippen LogP contribution in [0.4, 0.5) is 0 Å². The van der Waals surface area contributed by atoms with E-state index in [0.717, 1.165) is 250 Å². The largest absolute Gasteiger partial charge is 0.477 e. The number of carboxylic acids is 1. The molecule has 15 N–H and O–H groups in total. The van der Waals surface area contributed by atoms with E-state index in [1.807, 2.05) is 0 Å². The minimum atomic E-state index is -6.07. The van der Waals surface area contributed by atoms with Crippen molar-refractivity contribution in [3.8, 4) is 0 Å². The zero-order valence-corrected chi connectivity index (χ0v) is 85.5. The lowest BCUT2D eigenvalue weighted by molar-refractivity contribution is -0.339. The molecule has 0 spiro atoms. The first kappa shape index (κ1) is 126. The molecular formula is C96H179N2O35P3. The lowest BCUT2D eigenvalue weighted by atomic mass is 9.92. The van der Waals surface area contributed by atoms with Gasteiger partial charge in [-0.15, -0.1) is 0 Å². The predicted molar refractivity (Wildman–Crippen MR) is 508 cm³/mol. The van der Waals surface area contributed by atoms with Crippen LogP contribution < -0.4 is 10.6 Å². The maximum atomic E-state index is 15.4. The number of carboxylic acid groups (broad SMARTS) is 1. The van der Waals surface area contributed by atoms with Crippen LogP contribution in [0.15, 0.2) is 0 Å². The number of aliphatic hydroxyl groups is 6. The normalized spacial score (nSPS) is 23.3. The molecule has 3 fully saturated rings. The molecule has 798 valence electrons. The minimum absolute atomic E-state index is 0.0165. The number of aliphatic hydroxyl groups excluding tert-OH is 6. The Kier molecular flexibility index (Phi) is 68.9. The number of hydrogen-bond donors (Lipinski definition) is 15. The Labute approximate surface area is 809 Å². The van der Waals surface area contributed by atoms with Crippen molar-refractivity contribution >= 4 is 65.1 Å². The Morgan fingerprint density at radius 3 is 1.06 bits per heavy atom. The number of rotatable bonds is 85. The molecular weight excluding hydrogens is 1830 g/mol. The van der Waals surface area contributed by atoms with Gasteiger partial charge < -0.3 is 118 Å². The number of carbonyl (C=O) groups is 7. The maximum absolute atomic E-state index is 15.4. The predicted octanol–water partition coefficient (Wildman–Crippen LogP) is 16.0. The average Bonchev–Trinajstić information content (AvgIpc) is 0.760. The molecule has 0 aromatic carbocycles. The number of unbranched alkanes of at least 4 members (excludes halogenated alkanes) is 44. The minimum Gasteiger partial charge on any atom is -0.477 e. The van der Waals surface area contributed by atoms with Crippen LogP contribution in [-0.2, 0) is 103 Å². The summed E-state index contributed by atoms with van der Waals surface area (Å²) < 4.78 is 110. The second kappa shape index (κ2) is 74.1. The van der Waals surface area contributed by atoms with Crippen molar-refractivity contribution in [1.29, 1.82) is 0 Å². The molecule has 0 radical (unpaired) electrons. The lowest BCUT2D eigenvalue weighted by Gasteiger charge is -2.48. The van der Waals surface area contributed by atoms with Crippen molar-refractivity contribution in [3.05, 3.63) is 0 Å². The topological polar surface area (TPSA) is 569 Å². The van der Waals surface area contributed by atoms with Gasteiger partial charge in [0.2, 0.25) is 11.8 Å². The summed E-state index contributed by atoms with van der Waals surface area (Å²) in [5, 5.41) is 85.0. The number of nitrogens with one attached hydrogen (secondary N) is 2. The molecule has 2 amide bonds. The standard InChI is InChI=1S/C96H179N2O35P3/c1-7-13-19-25-31-35-41-45-51-57-71(100)63-83(108)128-91-85(97-79(104)65-73(59-53-47-43-37-33-27-21-15-9-3)124-81(106)61-55-49-39-29-23-17-11-5)94(133-136(119,120)121)126-77(87(91)110)69-122-93-86(98-80(105)66-74(60-54-48-44-38-34-28-22-16-10-4)125-82(107)62-56-50-40-30-24-18-12-6)92(129-84(109)64-72(101)58-52-46-42-36-32-26-20-14-8-2)90(132-135(116,117)118)78(127-93)70-123-96(95(111)112)67-75(102)89(131-134(113,114)115)88(130-96)76(103)68-99/h71-78,85-94,99-103,110H,7-70H2,1-6H3,(H,97,104)(H,98,105)(H,111,112)(H2,113,114,115)(H2,116,117,118)(H2,119,120,121)/t71-,72-,73-,74-,75-,76+,77+,78+,85+,86+,87+,88-,89-,90+,91+,92+,93+,94+,96+/m1/s1. The Morgan fingerprint density at radius 1 is 0.382 bits per heavy atom. The van der Waals surface area contributed by atoms with Crippen LogP contribution in [0.5, 0.6) is 0 Å². The highest BCUT2D eigenvalue weighted by Crippen LogP contribution is 2.47. The number of esters is 4. The van der Waals surface area contributed by atoms with E-state index in [4.69, 9.17) is 56.2 Å². The quantitative estimate of drug-likeness (QED) is 0.0116. The van der Waals surface area contributed by atoms with Gasteiger partial charge in [0.1, 0.15) is 67.0 Å². The average molecular weight is 2010 g/mol. The molecule has 0 saturated carbocycles. The van der Waals surface area contributed by atoms with Gasteiger partial charge in [-0.3, -0.25) is 42.3 Å². The van der Waals surface area contributed by atoms with E-state index in [9.17, 15) is 108 Å². The zero-order chi connectivity index (χ0) is 101. The van der Waals surface area contributed by atoms with E-state index in [1.54, 1.807) is 0 Å². The molecule has 3 aliphatic heterocycles. The Hall–Kier alpha value is -3.82. The van der Waals surface area contributed by atoms with E-state index in [0.29, 0.717) is 70.6 Å². The molecule has 40 heteroatoms. The second-order valence-corrected chi connectivity index (χ2v) is 41.3. The van der Waals surface area contributed by atoms with Gasteiger partial charge in [-0.2, -0.15) is 0 Å². The van der Waals surface area contributed by atoms with Crippen molar-refractivity contribution in [2.45, 2.75) is 549 Å². The number of carbonyl (C=O) groups excluding carboxylic acids is 6. The summed E-state index contributed by atoms with van der Waals surface area (Å²) in [5.74, 6) is -11.4. The molecule has 37 nitrogen and oxygen atoms in total. The molecule has 0 aromatic rings. The monoisotopic (exact) mass is 2010 g/mol. The molecule has 3 heterocycles. The summed E-state index contributed by atoms with van der Waals surface area (Å²) in [4.78, 5) is 164. The van der Waals surface area contributed by atoms with Gasteiger partial charge in [0.25, 0.3) is 5.79 Å².